The van der Waals surface area contributed by atoms with Crippen LogP contribution in [0.2, 0.25) is 15.7 Å². The summed E-state index contributed by atoms with van der Waals surface area (Å²) in [4.78, 5) is 23.3. The number of ether oxygens (including phenoxy) is 1. The number of hydrogen-bond donors (Lipinski definition) is 1. The van der Waals surface area contributed by atoms with E-state index in [1.807, 2.05) is 27.7 Å². The summed E-state index contributed by atoms with van der Waals surface area (Å²) in [6.45, 7) is 7.44. The lowest BCUT2D eigenvalue weighted by atomic mass is 10.3. The predicted molar refractivity (Wildman–Crippen MR) is 135 cm³/mol. The second-order valence-electron chi connectivity index (χ2n) is 6.50. The zero-order valence-corrected chi connectivity index (χ0v) is 20.6. The molecule has 0 saturated heterocycles. The van der Waals surface area contributed by atoms with Gasteiger partial charge in [0.25, 0.3) is 0 Å². The smallest absolute Gasteiger partial charge is 0.226 e. The topological polar surface area (TPSA) is 107 Å². The first kappa shape index (κ1) is 29.0. The van der Waals surface area contributed by atoms with Crippen LogP contribution in [0, 0.1) is 27.7 Å². The van der Waals surface area contributed by atoms with Crippen LogP contribution < -0.4 is 4.74 Å². The molecule has 0 saturated carbocycles. The van der Waals surface area contributed by atoms with E-state index in [0.717, 1.165) is 22.5 Å². The van der Waals surface area contributed by atoms with Gasteiger partial charge in [-0.15, -0.1) is 0 Å². The van der Waals surface area contributed by atoms with Gasteiger partial charge in [-0.05, 0) is 75.2 Å². The first-order valence-electron chi connectivity index (χ1n) is 9.51. The van der Waals surface area contributed by atoms with E-state index in [0.29, 0.717) is 16.8 Å². The number of rotatable bonds is 2. The van der Waals surface area contributed by atoms with Gasteiger partial charge < -0.3 is 9.84 Å². The average molecular weight is 524 g/mol. The highest BCUT2D eigenvalue weighted by Gasteiger charge is 2.09. The molecule has 0 aromatic carbocycles. The number of aryl methyl sites for hydroxylation is 2. The molecule has 8 nitrogen and oxygen atoms in total. The second kappa shape index (κ2) is 14.2. The summed E-state index contributed by atoms with van der Waals surface area (Å²) in [5.41, 5.74) is 3.38. The number of hydrogen-bond acceptors (Lipinski definition) is 8. The van der Waals surface area contributed by atoms with E-state index in [2.05, 4.69) is 29.9 Å². The predicted octanol–water partition coefficient (Wildman–Crippen LogP) is 6.76. The van der Waals surface area contributed by atoms with Gasteiger partial charge in [0.15, 0.2) is 0 Å². The Hall–Kier alpha value is -3.07. The monoisotopic (exact) mass is 522 g/mol. The summed E-state index contributed by atoms with van der Waals surface area (Å²) in [5, 5.41) is 9.38. The molecule has 0 fully saturated rings. The lowest BCUT2D eigenvalue weighted by molar-refractivity contribution is 0.454. The molecule has 0 atom stereocenters. The highest BCUT2D eigenvalue weighted by atomic mass is 35.5. The molecule has 0 spiro atoms. The molecule has 4 heterocycles. The molecular weight excluding hydrogens is 499 g/mol. The van der Waals surface area contributed by atoms with E-state index < -0.39 is 0 Å². The number of pyridine rings is 2. The van der Waals surface area contributed by atoms with Crippen LogP contribution in [0.25, 0.3) is 0 Å². The molecule has 0 aliphatic heterocycles. The molecule has 4 rings (SSSR count). The maximum atomic E-state index is 8.57. The summed E-state index contributed by atoms with van der Waals surface area (Å²) < 4.78 is 5.57. The Kier molecular flexibility index (Phi) is 12.1. The molecular formula is C23H25Cl3N6O2. The number of halogens is 3. The van der Waals surface area contributed by atoms with Gasteiger partial charge in [0.2, 0.25) is 16.4 Å². The summed E-state index contributed by atoms with van der Waals surface area (Å²) in [7, 11) is 0. The number of nitrogens with zero attached hydrogens (tertiary/aromatic N) is 6. The minimum Gasteiger partial charge on any atom is -0.506 e. The van der Waals surface area contributed by atoms with Crippen molar-refractivity contribution in [1.29, 1.82) is 0 Å². The highest BCUT2D eigenvalue weighted by Crippen LogP contribution is 2.24. The Bertz CT molecular complexity index is 1160. The highest BCUT2D eigenvalue weighted by molar-refractivity contribution is 6.32. The molecule has 0 unspecified atom stereocenters. The van der Waals surface area contributed by atoms with Crippen molar-refractivity contribution in [2.24, 2.45) is 0 Å². The van der Waals surface area contributed by atoms with Gasteiger partial charge in [-0.2, -0.15) is 4.98 Å². The molecule has 0 aliphatic carbocycles. The molecule has 34 heavy (non-hydrogen) atoms. The largest absolute Gasteiger partial charge is 0.506 e. The van der Waals surface area contributed by atoms with Gasteiger partial charge in [-0.3, -0.25) is 9.97 Å². The number of aromatic nitrogens is 6. The van der Waals surface area contributed by atoms with E-state index in [9.17, 15) is 0 Å². The van der Waals surface area contributed by atoms with Crippen molar-refractivity contribution < 1.29 is 9.84 Å². The van der Waals surface area contributed by atoms with Crippen molar-refractivity contribution >= 4 is 34.8 Å². The van der Waals surface area contributed by atoms with Crippen molar-refractivity contribution in [2.75, 3.05) is 0 Å². The fourth-order valence-corrected chi connectivity index (χ4v) is 2.78. The van der Waals surface area contributed by atoms with Crippen molar-refractivity contribution in [3.63, 3.8) is 0 Å². The second-order valence-corrected chi connectivity index (χ2v) is 7.54. The van der Waals surface area contributed by atoms with E-state index >= 15 is 0 Å². The maximum Gasteiger partial charge on any atom is 0.226 e. The van der Waals surface area contributed by atoms with Crippen molar-refractivity contribution in [3.05, 3.63) is 87.3 Å². The molecule has 0 radical (unpaired) electrons. The molecule has 4 aromatic heterocycles. The van der Waals surface area contributed by atoms with Gasteiger partial charge in [0.1, 0.15) is 16.7 Å². The van der Waals surface area contributed by atoms with Crippen LogP contribution in [-0.2, 0) is 0 Å². The first-order chi connectivity index (χ1) is 15.7. The van der Waals surface area contributed by atoms with Gasteiger partial charge >= 0.3 is 0 Å². The molecule has 0 bridgehead atoms. The molecule has 180 valence electrons. The van der Waals surface area contributed by atoms with Gasteiger partial charge in [0.05, 0.1) is 12.4 Å². The van der Waals surface area contributed by atoms with Crippen LogP contribution in [-0.4, -0.2) is 35.0 Å². The fourth-order valence-electron chi connectivity index (χ4n) is 2.10. The third-order valence-electron chi connectivity index (χ3n) is 4.11. The van der Waals surface area contributed by atoms with Crippen molar-refractivity contribution in [2.45, 2.75) is 35.1 Å². The van der Waals surface area contributed by atoms with Crippen LogP contribution in [0.15, 0.2) is 49.1 Å². The van der Waals surface area contributed by atoms with E-state index in [1.165, 1.54) is 6.20 Å². The lowest BCUT2D eigenvalue weighted by Gasteiger charge is -2.08. The minimum atomic E-state index is 0. The summed E-state index contributed by atoms with van der Waals surface area (Å²) in [6, 6.07) is 6.85. The fraction of sp³-hybridized carbons (Fsp3) is 0.217. The first-order valence-corrected chi connectivity index (χ1v) is 10.6. The minimum absolute atomic E-state index is 0. The molecule has 0 aliphatic rings. The Morgan fingerprint density at radius 2 is 1.29 bits per heavy atom. The van der Waals surface area contributed by atoms with Crippen molar-refractivity contribution in [1.82, 2.24) is 29.9 Å². The van der Waals surface area contributed by atoms with E-state index in [-0.39, 0.29) is 23.7 Å². The molecule has 11 heteroatoms. The Balaban J connectivity index is 0.000000275. The number of aromatic hydroxyl groups is 1. The summed E-state index contributed by atoms with van der Waals surface area (Å²) in [5.74, 6) is 1.30. The summed E-state index contributed by atoms with van der Waals surface area (Å²) >= 11 is 17.0. The Morgan fingerprint density at radius 1 is 0.735 bits per heavy atom. The van der Waals surface area contributed by atoms with Crippen LogP contribution in [0.1, 0.15) is 29.9 Å². The normalized spacial score (nSPS) is 9.50. The average Bonchev–Trinajstić information content (AvgIpc) is 2.77. The maximum absolute atomic E-state index is 8.57. The van der Waals surface area contributed by atoms with E-state index in [4.69, 9.17) is 44.6 Å². The van der Waals surface area contributed by atoms with Crippen LogP contribution in [0.4, 0.5) is 0 Å². The Morgan fingerprint density at radius 3 is 1.76 bits per heavy atom. The molecule has 1 N–H and O–H groups in total. The lowest BCUT2D eigenvalue weighted by Crippen LogP contribution is -1.97. The molecule has 4 aromatic rings. The third kappa shape index (κ3) is 9.43. The Labute approximate surface area is 214 Å². The zero-order chi connectivity index (χ0) is 24.4. The SMILES string of the molecule is C.Cc1nc(Cl)nc(Cl)c1C.Cc1nc(Cl)nc(Oc2cccnc2)c1C.Oc1cccnc1. The van der Waals surface area contributed by atoms with Gasteiger partial charge in [-0.1, -0.05) is 19.0 Å². The summed E-state index contributed by atoms with van der Waals surface area (Å²) in [6.07, 6.45) is 6.29. The van der Waals surface area contributed by atoms with Crippen LogP contribution in [0.5, 0.6) is 17.4 Å². The van der Waals surface area contributed by atoms with Crippen LogP contribution in [0.3, 0.4) is 0 Å². The van der Waals surface area contributed by atoms with Crippen molar-refractivity contribution in [3.8, 4) is 17.4 Å². The van der Waals surface area contributed by atoms with Gasteiger partial charge in [0, 0.05) is 34.9 Å². The quantitative estimate of drug-likeness (QED) is 0.227. The van der Waals surface area contributed by atoms with E-state index in [1.54, 1.807) is 42.9 Å². The van der Waals surface area contributed by atoms with Crippen LogP contribution >= 0.6 is 34.8 Å². The standard InChI is InChI=1S/C11H10ClN3O.C6H6Cl2N2.C5H5NO.CH4/c1-7-8(2)14-11(12)15-10(7)16-9-4-3-5-13-6-9;1-3-4(2)9-6(8)10-5(3)7;7-5-2-1-3-6-4-5;/h3-6H,1-2H3;1-2H3;1-4,7H;1H4. The van der Waals surface area contributed by atoms with Gasteiger partial charge in [-0.25, -0.2) is 15.0 Å². The molecule has 0 amide bonds. The zero-order valence-electron chi connectivity index (χ0n) is 18.3. The third-order valence-corrected chi connectivity index (χ3v) is 4.82.